The quantitative estimate of drug-likeness (QED) is 0.483. The first-order valence-electron chi connectivity index (χ1n) is 8.33. The Hall–Kier alpha value is -0.0800. The monoisotopic (exact) mass is 271 g/mol. The van der Waals surface area contributed by atoms with Crippen molar-refractivity contribution in [2.45, 2.75) is 90.6 Å². The summed E-state index contributed by atoms with van der Waals surface area (Å²) in [6.07, 6.45) is 13.2. The molecule has 0 rings (SSSR count). The molecule has 116 valence electrons. The van der Waals surface area contributed by atoms with Gasteiger partial charge in [-0.3, -0.25) is 0 Å². The molecular formula is C17H37NO. The Bertz CT molecular complexity index is 192. The Morgan fingerprint density at radius 2 is 1.42 bits per heavy atom. The predicted octanol–water partition coefficient (Wildman–Crippen LogP) is 4.91. The Morgan fingerprint density at radius 3 is 1.95 bits per heavy atom. The van der Waals surface area contributed by atoms with Crippen LogP contribution in [0.15, 0.2) is 0 Å². The van der Waals surface area contributed by atoms with Gasteiger partial charge in [0.2, 0.25) is 0 Å². The minimum atomic E-state index is 0.0119. The van der Waals surface area contributed by atoms with Crippen LogP contribution in [0, 0.1) is 5.92 Å². The van der Waals surface area contributed by atoms with Crippen LogP contribution >= 0.6 is 0 Å². The summed E-state index contributed by atoms with van der Waals surface area (Å²) in [6, 6.07) is 0. The van der Waals surface area contributed by atoms with Gasteiger partial charge in [-0.15, -0.1) is 0 Å². The fraction of sp³-hybridized carbons (Fsp3) is 1.00. The lowest BCUT2D eigenvalue weighted by Gasteiger charge is -2.33. The molecule has 2 nitrogen and oxygen atoms in total. The molecule has 0 amide bonds. The zero-order valence-electron chi connectivity index (χ0n) is 13.8. The van der Waals surface area contributed by atoms with E-state index in [-0.39, 0.29) is 5.60 Å². The SMILES string of the molecule is CCCCCCCCC(CCCCN)C(C)(C)OC. The second-order valence-corrected chi connectivity index (χ2v) is 6.35. The first-order chi connectivity index (χ1) is 9.08. The van der Waals surface area contributed by atoms with Crippen molar-refractivity contribution in [3.05, 3.63) is 0 Å². The lowest BCUT2D eigenvalue weighted by molar-refractivity contribution is -0.0351. The highest BCUT2D eigenvalue weighted by Crippen LogP contribution is 2.30. The second kappa shape index (κ2) is 11.7. The van der Waals surface area contributed by atoms with Crippen molar-refractivity contribution < 1.29 is 4.74 Å². The Balaban J connectivity index is 3.91. The maximum atomic E-state index is 5.69. The molecule has 0 saturated heterocycles. The zero-order chi connectivity index (χ0) is 14.6. The summed E-state index contributed by atoms with van der Waals surface area (Å²) in [6.45, 7) is 7.56. The van der Waals surface area contributed by atoms with Gasteiger partial charge in [-0.25, -0.2) is 0 Å². The summed E-state index contributed by atoms with van der Waals surface area (Å²) in [7, 11) is 1.84. The molecule has 0 aliphatic heterocycles. The average Bonchev–Trinajstić information content (AvgIpc) is 2.40. The zero-order valence-corrected chi connectivity index (χ0v) is 13.8. The van der Waals surface area contributed by atoms with Gasteiger partial charge in [0.15, 0.2) is 0 Å². The van der Waals surface area contributed by atoms with Crippen molar-refractivity contribution in [3.8, 4) is 0 Å². The van der Waals surface area contributed by atoms with E-state index in [0.717, 1.165) is 13.0 Å². The Morgan fingerprint density at radius 1 is 0.895 bits per heavy atom. The third kappa shape index (κ3) is 9.45. The number of hydrogen-bond donors (Lipinski definition) is 1. The fourth-order valence-electron chi connectivity index (χ4n) is 2.71. The van der Waals surface area contributed by atoms with Crippen LogP contribution in [-0.4, -0.2) is 19.3 Å². The van der Waals surface area contributed by atoms with Gasteiger partial charge >= 0.3 is 0 Å². The van der Waals surface area contributed by atoms with Crippen LogP contribution in [0.4, 0.5) is 0 Å². The first kappa shape index (κ1) is 18.9. The van der Waals surface area contributed by atoms with Crippen molar-refractivity contribution in [1.82, 2.24) is 0 Å². The minimum absolute atomic E-state index is 0.0119. The predicted molar refractivity (Wildman–Crippen MR) is 85.5 cm³/mol. The molecule has 19 heavy (non-hydrogen) atoms. The standard InChI is InChI=1S/C17H37NO/c1-5-6-7-8-9-10-13-16(14-11-12-15-18)17(2,3)19-4/h16H,5-15,18H2,1-4H3. The topological polar surface area (TPSA) is 35.2 Å². The number of unbranched alkanes of at least 4 members (excludes halogenated alkanes) is 6. The minimum Gasteiger partial charge on any atom is -0.379 e. The van der Waals surface area contributed by atoms with Crippen molar-refractivity contribution in [3.63, 3.8) is 0 Å². The first-order valence-corrected chi connectivity index (χ1v) is 8.33. The Labute approximate surface area is 121 Å². The molecule has 0 aliphatic carbocycles. The summed E-state index contributed by atoms with van der Waals surface area (Å²) >= 11 is 0. The molecule has 0 aromatic heterocycles. The summed E-state index contributed by atoms with van der Waals surface area (Å²) in [5.41, 5.74) is 5.61. The van der Waals surface area contributed by atoms with E-state index in [2.05, 4.69) is 20.8 Å². The maximum absolute atomic E-state index is 5.69. The number of hydrogen-bond acceptors (Lipinski definition) is 2. The normalized spacial score (nSPS) is 13.7. The van der Waals surface area contributed by atoms with Gasteiger partial charge in [0.05, 0.1) is 5.60 Å². The van der Waals surface area contributed by atoms with E-state index in [1.165, 1.54) is 57.8 Å². The van der Waals surface area contributed by atoms with Crippen LogP contribution in [0.5, 0.6) is 0 Å². The van der Waals surface area contributed by atoms with Gasteiger partial charge in [0, 0.05) is 7.11 Å². The van der Waals surface area contributed by atoms with E-state index in [4.69, 9.17) is 10.5 Å². The molecule has 1 atom stereocenters. The van der Waals surface area contributed by atoms with Gasteiger partial charge in [-0.05, 0) is 45.6 Å². The number of nitrogens with two attached hydrogens (primary N) is 1. The van der Waals surface area contributed by atoms with Crippen LogP contribution in [0.1, 0.15) is 85.0 Å². The molecule has 0 aromatic carbocycles. The van der Waals surface area contributed by atoms with E-state index in [9.17, 15) is 0 Å². The molecule has 0 heterocycles. The van der Waals surface area contributed by atoms with Gasteiger partial charge in [0.1, 0.15) is 0 Å². The van der Waals surface area contributed by atoms with Crippen LogP contribution in [0.3, 0.4) is 0 Å². The molecule has 0 saturated carbocycles. The van der Waals surface area contributed by atoms with Crippen molar-refractivity contribution in [2.75, 3.05) is 13.7 Å². The van der Waals surface area contributed by atoms with Gasteiger partial charge in [0.25, 0.3) is 0 Å². The van der Waals surface area contributed by atoms with Crippen molar-refractivity contribution in [1.29, 1.82) is 0 Å². The summed E-state index contributed by atoms with van der Waals surface area (Å²) in [5.74, 6) is 0.676. The lowest BCUT2D eigenvalue weighted by Crippen LogP contribution is -2.33. The fourth-order valence-corrected chi connectivity index (χ4v) is 2.71. The van der Waals surface area contributed by atoms with Crippen LogP contribution in [-0.2, 0) is 4.74 Å². The molecule has 0 bridgehead atoms. The van der Waals surface area contributed by atoms with E-state index < -0.39 is 0 Å². The third-order valence-electron chi connectivity index (χ3n) is 4.42. The molecule has 0 radical (unpaired) electrons. The summed E-state index contributed by atoms with van der Waals surface area (Å²) < 4.78 is 5.69. The highest BCUT2D eigenvalue weighted by atomic mass is 16.5. The molecule has 2 N–H and O–H groups in total. The number of methoxy groups -OCH3 is 1. The van der Waals surface area contributed by atoms with E-state index in [0.29, 0.717) is 5.92 Å². The second-order valence-electron chi connectivity index (χ2n) is 6.35. The van der Waals surface area contributed by atoms with Gasteiger partial charge in [-0.1, -0.05) is 51.9 Å². The molecular weight excluding hydrogens is 234 g/mol. The number of ether oxygens (including phenoxy) is 1. The van der Waals surface area contributed by atoms with Crippen molar-refractivity contribution >= 4 is 0 Å². The van der Waals surface area contributed by atoms with Gasteiger partial charge in [-0.2, -0.15) is 0 Å². The van der Waals surface area contributed by atoms with E-state index in [1.807, 2.05) is 7.11 Å². The number of rotatable bonds is 13. The average molecular weight is 271 g/mol. The largest absolute Gasteiger partial charge is 0.379 e. The Kier molecular flexibility index (Phi) is 11.7. The summed E-state index contributed by atoms with van der Waals surface area (Å²) in [5, 5.41) is 0. The van der Waals surface area contributed by atoms with Crippen LogP contribution in [0.25, 0.3) is 0 Å². The van der Waals surface area contributed by atoms with Crippen LogP contribution < -0.4 is 5.73 Å². The molecule has 0 spiro atoms. The highest BCUT2D eigenvalue weighted by molar-refractivity contribution is 4.79. The molecule has 0 aromatic rings. The highest BCUT2D eigenvalue weighted by Gasteiger charge is 2.28. The molecule has 2 heteroatoms. The molecule has 0 aliphatic rings. The third-order valence-corrected chi connectivity index (χ3v) is 4.42. The van der Waals surface area contributed by atoms with Gasteiger partial charge < -0.3 is 10.5 Å². The van der Waals surface area contributed by atoms with Crippen molar-refractivity contribution in [2.24, 2.45) is 11.7 Å². The smallest absolute Gasteiger partial charge is 0.0650 e. The molecule has 0 fully saturated rings. The van der Waals surface area contributed by atoms with Crippen LogP contribution in [0.2, 0.25) is 0 Å². The van der Waals surface area contributed by atoms with E-state index >= 15 is 0 Å². The maximum Gasteiger partial charge on any atom is 0.0650 e. The molecule has 1 unspecified atom stereocenters. The lowest BCUT2D eigenvalue weighted by atomic mass is 9.82. The summed E-state index contributed by atoms with van der Waals surface area (Å²) in [4.78, 5) is 0. The van der Waals surface area contributed by atoms with E-state index in [1.54, 1.807) is 0 Å².